The van der Waals surface area contributed by atoms with Crippen LogP contribution in [0.3, 0.4) is 0 Å². The van der Waals surface area contributed by atoms with Crippen molar-refractivity contribution in [2.75, 3.05) is 7.11 Å². The third-order valence-electron chi connectivity index (χ3n) is 3.82. The number of hydrogen-bond donors (Lipinski definition) is 2. The second-order valence-electron chi connectivity index (χ2n) is 5.31. The van der Waals surface area contributed by atoms with Crippen LogP contribution in [-0.4, -0.2) is 18.0 Å². The Labute approximate surface area is 133 Å². The maximum atomic E-state index is 13.6. The fourth-order valence-corrected chi connectivity index (χ4v) is 2.63. The lowest BCUT2D eigenvalue weighted by atomic mass is 10.1. The second-order valence-corrected chi connectivity index (χ2v) is 5.31. The highest BCUT2D eigenvalue weighted by Gasteiger charge is 2.16. The standard InChI is InChI=1S/C18H17FN2O2/c1-11-17(14-9-13(23-2)7-8-16(14)21-11)18(22)20-10-12-5-3-4-6-15(12)19/h3-9,21H,10H2,1-2H3,(H,20,22). The number of benzene rings is 2. The summed E-state index contributed by atoms with van der Waals surface area (Å²) in [4.78, 5) is 15.7. The normalized spacial score (nSPS) is 10.7. The molecule has 1 aromatic heterocycles. The molecule has 2 N–H and O–H groups in total. The zero-order chi connectivity index (χ0) is 16.4. The highest BCUT2D eigenvalue weighted by atomic mass is 19.1. The number of halogens is 1. The van der Waals surface area contributed by atoms with Crippen LogP contribution in [0.25, 0.3) is 10.9 Å². The van der Waals surface area contributed by atoms with Gasteiger partial charge in [-0.15, -0.1) is 0 Å². The maximum absolute atomic E-state index is 13.6. The quantitative estimate of drug-likeness (QED) is 0.774. The van der Waals surface area contributed by atoms with Gasteiger partial charge < -0.3 is 15.0 Å². The molecular formula is C18H17FN2O2. The summed E-state index contributed by atoms with van der Waals surface area (Å²) in [5.41, 5.74) is 2.63. The molecule has 118 valence electrons. The molecule has 5 heteroatoms. The number of carbonyl (C=O) groups is 1. The van der Waals surface area contributed by atoms with E-state index in [1.165, 1.54) is 6.07 Å². The van der Waals surface area contributed by atoms with E-state index < -0.39 is 0 Å². The molecule has 3 aromatic rings. The van der Waals surface area contributed by atoms with Crippen LogP contribution in [0.1, 0.15) is 21.6 Å². The number of ether oxygens (including phenoxy) is 1. The molecule has 0 aliphatic carbocycles. The number of carbonyl (C=O) groups excluding carboxylic acids is 1. The van der Waals surface area contributed by atoms with Crippen molar-refractivity contribution in [2.45, 2.75) is 13.5 Å². The van der Waals surface area contributed by atoms with Gasteiger partial charge in [0.25, 0.3) is 5.91 Å². The Morgan fingerprint density at radius 2 is 2.04 bits per heavy atom. The van der Waals surface area contributed by atoms with Crippen molar-refractivity contribution in [3.63, 3.8) is 0 Å². The predicted octanol–water partition coefficient (Wildman–Crippen LogP) is 3.55. The van der Waals surface area contributed by atoms with Gasteiger partial charge in [0.1, 0.15) is 11.6 Å². The Hall–Kier alpha value is -2.82. The van der Waals surface area contributed by atoms with Crippen LogP contribution in [0.4, 0.5) is 4.39 Å². The molecule has 0 atom stereocenters. The van der Waals surface area contributed by atoms with Gasteiger partial charge in [-0.05, 0) is 31.2 Å². The van der Waals surface area contributed by atoms with E-state index >= 15 is 0 Å². The zero-order valence-electron chi connectivity index (χ0n) is 12.9. The largest absolute Gasteiger partial charge is 0.497 e. The molecule has 0 saturated heterocycles. The summed E-state index contributed by atoms with van der Waals surface area (Å²) in [7, 11) is 1.58. The number of aryl methyl sites for hydroxylation is 1. The number of hydrogen-bond acceptors (Lipinski definition) is 2. The number of aromatic amines is 1. The summed E-state index contributed by atoms with van der Waals surface area (Å²) in [5, 5.41) is 3.56. The predicted molar refractivity (Wildman–Crippen MR) is 87.2 cm³/mol. The molecular weight excluding hydrogens is 295 g/mol. The molecule has 0 unspecified atom stereocenters. The van der Waals surface area contributed by atoms with Gasteiger partial charge >= 0.3 is 0 Å². The number of methoxy groups -OCH3 is 1. The molecule has 0 radical (unpaired) electrons. The number of amides is 1. The summed E-state index contributed by atoms with van der Waals surface area (Å²) in [6.45, 7) is 1.98. The van der Waals surface area contributed by atoms with Gasteiger partial charge in [0.15, 0.2) is 0 Å². The SMILES string of the molecule is COc1ccc2[nH]c(C)c(C(=O)NCc3ccccc3F)c2c1. The van der Waals surface area contributed by atoms with Crippen molar-refractivity contribution < 1.29 is 13.9 Å². The minimum absolute atomic E-state index is 0.140. The molecule has 0 saturated carbocycles. The van der Waals surface area contributed by atoms with E-state index in [9.17, 15) is 9.18 Å². The van der Waals surface area contributed by atoms with E-state index in [0.29, 0.717) is 16.9 Å². The van der Waals surface area contributed by atoms with Gasteiger partial charge in [0.05, 0.1) is 12.7 Å². The lowest BCUT2D eigenvalue weighted by Gasteiger charge is -2.07. The molecule has 0 aliphatic heterocycles. The lowest BCUT2D eigenvalue weighted by Crippen LogP contribution is -2.23. The van der Waals surface area contributed by atoms with Crippen LogP contribution >= 0.6 is 0 Å². The van der Waals surface area contributed by atoms with E-state index in [-0.39, 0.29) is 18.3 Å². The third kappa shape index (κ3) is 2.90. The van der Waals surface area contributed by atoms with E-state index in [1.54, 1.807) is 25.3 Å². The van der Waals surface area contributed by atoms with E-state index in [4.69, 9.17) is 4.74 Å². The average molecular weight is 312 g/mol. The Balaban J connectivity index is 1.88. The second kappa shape index (κ2) is 6.12. The van der Waals surface area contributed by atoms with Crippen molar-refractivity contribution in [3.05, 3.63) is 65.1 Å². The molecule has 1 heterocycles. The first-order valence-corrected chi connectivity index (χ1v) is 7.28. The van der Waals surface area contributed by atoms with E-state index in [1.807, 2.05) is 25.1 Å². The van der Waals surface area contributed by atoms with Crippen LogP contribution < -0.4 is 10.1 Å². The summed E-state index contributed by atoms with van der Waals surface area (Å²) in [5.74, 6) is 0.107. The zero-order valence-corrected chi connectivity index (χ0v) is 12.9. The molecule has 0 aliphatic rings. The van der Waals surface area contributed by atoms with Crippen molar-refractivity contribution in [2.24, 2.45) is 0 Å². The molecule has 0 bridgehead atoms. The Bertz CT molecular complexity index is 871. The molecule has 4 nitrogen and oxygen atoms in total. The van der Waals surface area contributed by atoms with E-state index in [0.717, 1.165) is 16.6 Å². The molecule has 23 heavy (non-hydrogen) atoms. The van der Waals surface area contributed by atoms with Crippen LogP contribution in [0.2, 0.25) is 0 Å². The molecule has 2 aromatic carbocycles. The average Bonchev–Trinajstić information content (AvgIpc) is 2.88. The van der Waals surface area contributed by atoms with Crippen molar-refractivity contribution in [3.8, 4) is 5.75 Å². The van der Waals surface area contributed by atoms with Crippen LogP contribution in [-0.2, 0) is 6.54 Å². The van der Waals surface area contributed by atoms with Gasteiger partial charge in [-0.2, -0.15) is 0 Å². The van der Waals surface area contributed by atoms with Crippen molar-refractivity contribution in [1.29, 1.82) is 0 Å². The summed E-state index contributed by atoms with van der Waals surface area (Å²) < 4.78 is 18.9. The molecule has 1 amide bonds. The summed E-state index contributed by atoms with van der Waals surface area (Å²) in [6.07, 6.45) is 0. The van der Waals surface area contributed by atoms with Gasteiger partial charge in [0.2, 0.25) is 0 Å². The van der Waals surface area contributed by atoms with Gasteiger partial charge in [-0.3, -0.25) is 4.79 Å². The highest BCUT2D eigenvalue weighted by Crippen LogP contribution is 2.26. The number of fused-ring (bicyclic) bond motifs is 1. The molecule has 3 rings (SSSR count). The monoisotopic (exact) mass is 312 g/mol. The maximum Gasteiger partial charge on any atom is 0.253 e. The molecule has 0 spiro atoms. The Morgan fingerprint density at radius 3 is 2.78 bits per heavy atom. The smallest absolute Gasteiger partial charge is 0.253 e. The van der Waals surface area contributed by atoms with Crippen LogP contribution in [0.15, 0.2) is 42.5 Å². The van der Waals surface area contributed by atoms with Crippen LogP contribution in [0, 0.1) is 12.7 Å². The Morgan fingerprint density at radius 1 is 1.26 bits per heavy atom. The Kier molecular flexibility index (Phi) is 4.02. The van der Waals surface area contributed by atoms with Crippen molar-refractivity contribution in [1.82, 2.24) is 10.3 Å². The highest BCUT2D eigenvalue weighted by molar-refractivity contribution is 6.08. The number of nitrogens with one attached hydrogen (secondary N) is 2. The first-order chi connectivity index (χ1) is 11.1. The number of rotatable bonds is 4. The lowest BCUT2D eigenvalue weighted by molar-refractivity contribution is 0.0951. The van der Waals surface area contributed by atoms with E-state index in [2.05, 4.69) is 10.3 Å². The minimum Gasteiger partial charge on any atom is -0.497 e. The molecule has 0 fully saturated rings. The topological polar surface area (TPSA) is 54.1 Å². The number of H-pyrrole nitrogens is 1. The third-order valence-corrected chi connectivity index (χ3v) is 3.82. The first kappa shape index (κ1) is 15.1. The fraction of sp³-hybridized carbons (Fsp3) is 0.167. The van der Waals surface area contributed by atoms with Crippen LogP contribution in [0.5, 0.6) is 5.75 Å². The van der Waals surface area contributed by atoms with Crippen molar-refractivity contribution >= 4 is 16.8 Å². The number of aromatic nitrogens is 1. The minimum atomic E-state index is -0.329. The fourth-order valence-electron chi connectivity index (χ4n) is 2.63. The summed E-state index contributed by atoms with van der Waals surface area (Å²) in [6, 6.07) is 11.9. The van der Waals surface area contributed by atoms with Gasteiger partial charge in [-0.25, -0.2) is 4.39 Å². The van der Waals surface area contributed by atoms with Gasteiger partial charge in [-0.1, -0.05) is 18.2 Å². The van der Waals surface area contributed by atoms with Gasteiger partial charge in [0, 0.05) is 28.7 Å². The summed E-state index contributed by atoms with van der Waals surface area (Å²) >= 11 is 0. The first-order valence-electron chi connectivity index (χ1n) is 7.28.